The first-order valence-corrected chi connectivity index (χ1v) is 10.4. The maximum absolute atomic E-state index is 13.6. The van der Waals surface area contributed by atoms with Gasteiger partial charge in [-0.25, -0.2) is 4.39 Å². The summed E-state index contributed by atoms with van der Waals surface area (Å²) in [6.07, 6.45) is 1.04. The number of rotatable bonds is 2. The SMILES string of the molecule is Cc1ccc(C2C(C#N)=C(N)N(c3ccc(F)cc3)C3=C2C(=O)CC(C)(C)C3)c(C)c1. The number of halogens is 1. The molecule has 158 valence electrons. The van der Waals surface area contributed by atoms with E-state index in [4.69, 9.17) is 5.73 Å². The first kappa shape index (κ1) is 20.9. The first-order valence-electron chi connectivity index (χ1n) is 10.4. The fourth-order valence-electron chi connectivity index (χ4n) is 4.85. The summed E-state index contributed by atoms with van der Waals surface area (Å²) in [7, 11) is 0. The Labute approximate surface area is 182 Å². The highest BCUT2D eigenvalue weighted by Crippen LogP contribution is 2.50. The Hall–Kier alpha value is -3.39. The number of benzene rings is 2. The third-order valence-electron chi connectivity index (χ3n) is 6.20. The van der Waals surface area contributed by atoms with E-state index in [1.807, 2.05) is 26.0 Å². The lowest BCUT2D eigenvalue weighted by Crippen LogP contribution is -2.42. The van der Waals surface area contributed by atoms with Gasteiger partial charge in [0, 0.05) is 23.4 Å². The van der Waals surface area contributed by atoms with E-state index < -0.39 is 5.92 Å². The highest BCUT2D eigenvalue weighted by Gasteiger charge is 2.44. The molecule has 31 heavy (non-hydrogen) atoms. The number of aryl methyl sites for hydroxylation is 2. The van der Waals surface area contributed by atoms with Gasteiger partial charge in [0.25, 0.3) is 0 Å². The van der Waals surface area contributed by atoms with E-state index >= 15 is 0 Å². The molecule has 0 aromatic heterocycles. The molecule has 4 nitrogen and oxygen atoms in total. The molecule has 4 rings (SSSR count). The average molecular weight is 416 g/mol. The van der Waals surface area contributed by atoms with E-state index in [0.29, 0.717) is 35.5 Å². The Morgan fingerprint density at radius 2 is 1.81 bits per heavy atom. The molecule has 2 N–H and O–H groups in total. The van der Waals surface area contributed by atoms with E-state index in [1.54, 1.807) is 17.0 Å². The lowest BCUT2D eigenvalue weighted by atomic mass is 9.68. The van der Waals surface area contributed by atoms with Crippen LogP contribution < -0.4 is 10.6 Å². The predicted molar refractivity (Wildman–Crippen MR) is 119 cm³/mol. The summed E-state index contributed by atoms with van der Waals surface area (Å²) < 4.78 is 13.6. The zero-order valence-corrected chi connectivity index (χ0v) is 18.3. The number of nitriles is 1. The molecule has 0 saturated heterocycles. The normalized spacial score (nSPS) is 20.6. The fourth-order valence-corrected chi connectivity index (χ4v) is 4.85. The summed E-state index contributed by atoms with van der Waals surface area (Å²) in [4.78, 5) is 15.3. The van der Waals surface area contributed by atoms with Crippen molar-refractivity contribution in [3.8, 4) is 6.07 Å². The highest BCUT2D eigenvalue weighted by molar-refractivity contribution is 6.01. The molecule has 5 heteroatoms. The third-order valence-corrected chi connectivity index (χ3v) is 6.20. The van der Waals surface area contributed by atoms with Crippen LogP contribution in [0.5, 0.6) is 0 Å². The summed E-state index contributed by atoms with van der Waals surface area (Å²) >= 11 is 0. The second kappa shape index (κ2) is 7.39. The summed E-state index contributed by atoms with van der Waals surface area (Å²) in [6.45, 7) is 8.13. The van der Waals surface area contributed by atoms with Crippen molar-refractivity contribution in [2.24, 2.45) is 11.1 Å². The molecule has 0 radical (unpaired) electrons. The van der Waals surface area contributed by atoms with Crippen molar-refractivity contribution in [2.45, 2.75) is 46.5 Å². The van der Waals surface area contributed by atoms with Gasteiger partial charge in [0.05, 0.1) is 17.6 Å². The summed E-state index contributed by atoms with van der Waals surface area (Å²) in [5.41, 5.74) is 11.8. The van der Waals surface area contributed by atoms with Crippen LogP contribution in [0.3, 0.4) is 0 Å². The van der Waals surface area contributed by atoms with Gasteiger partial charge in [-0.05, 0) is 61.1 Å². The molecule has 1 atom stereocenters. The summed E-state index contributed by atoms with van der Waals surface area (Å²) in [5, 5.41) is 10.1. The molecular formula is C26H26FN3O. The third kappa shape index (κ3) is 3.53. The number of hydrogen-bond donors (Lipinski definition) is 1. The number of ketones is 1. The number of anilines is 1. The van der Waals surface area contributed by atoms with Crippen LogP contribution in [0, 0.1) is 36.4 Å². The van der Waals surface area contributed by atoms with Crippen LogP contribution in [-0.2, 0) is 4.79 Å². The molecule has 1 aliphatic carbocycles. The van der Waals surface area contributed by atoms with Crippen molar-refractivity contribution in [3.05, 3.63) is 87.6 Å². The largest absolute Gasteiger partial charge is 0.384 e. The Bertz CT molecular complexity index is 1180. The van der Waals surface area contributed by atoms with Gasteiger partial charge in [-0.1, -0.05) is 37.6 Å². The Morgan fingerprint density at radius 1 is 1.13 bits per heavy atom. The molecule has 0 spiro atoms. The lowest BCUT2D eigenvalue weighted by Gasteiger charge is -2.44. The smallest absolute Gasteiger partial charge is 0.162 e. The van der Waals surface area contributed by atoms with E-state index in [2.05, 4.69) is 26.0 Å². The predicted octanol–water partition coefficient (Wildman–Crippen LogP) is 5.38. The second-order valence-corrected chi connectivity index (χ2v) is 9.32. The summed E-state index contributed by atoms with van der Waals surface area (Å²) in [6, 6.07) is 14.3. The van der Waals surface area contributed by atoms with Crippen LogP contribution in [0.4, 0.5) is 10.1 Å². The van der Waals surface area contributed by atoms with Gasteiger partial charge in [0.2, 0.25) is 0 Å². The molecule has 0 saturated carbocycles. The van der Waals surface area contributed by atoms with E-state index in [9.17, 15) is 14.4 Å². The van der Waals surface area contributed by atoms with Crippen LogP contribution >= 0.6 is 0 Å². The van der Waals surface area contributed by atoms with Crippen molar-refractivity contribution in [3.63, 3.8) is 0 Å². The monoisotopic (exact) mass is 415 g/mol. The van der Waals surface area contributed by atoms with E-state index in [1.165, 1.54) is 12.1 Å². The van der Waals surface area contributed by atoms with Gasteiger partial charge >= 0.3 is 0 Å². The van der Waals surface area contributed by atoms with Gasteiger partial charge in [0.1, 0.15) is 11.6 Å². The van der Waals surface area contributed by atoms with Gasteiger partial charge in [-0.2, -0.15) is 5.26 Å². The maximum Gasteiger partial charge on any atom is 0.162 e. The zero-order valence-electron chi connectivity index (χ0n) is 18.3. The zero-order chi connectivity index (χ0) is 22.5. The number of nitrogens with zero attached hydrogens (tertiary/aromatic N) is 2. The number of nitrogens with two attached hydrogens (primary N) is 1. The quantitative estimate of drug-likeness (QED) is 0.715. The minimum absolute atomic E-state index is 0.0311. The minimum Gasteiger partial charge on any atom is -0.384 e. The molecule has 1 unspecified atom stereocenters. The van der Waals surface area contributed by atoms with Gasteiger partial charge in [-0.3, -0.25) is 9.69 Å². The number of hydrogen-bond acceptors (Lipinski definition) is 4. The molecule has 0 bridgehead atoms. The molecular weight excluding hydrogens is 389 g/mol. The molecule has 0 amide bonds. The molecule has 1 heterocycles. The fraction of sp³-hybridized carbons (Fsp3) is 0.308. The van der Waals surface area contributed by atoms with Crippen molar-refractivity contribution >= 4 is 11.5 Å². The molecule has 1 aliphatic heterocycles. The first-order chi connectivity index (χ1) is 14.6. The Balaban J connectivity index is 2.01. The van der Waals surface area contributed by atoms with Gasteiger partial charge in [0.15, 0.2) is 5.78 Å². The van der Waals surface area contributed by atoms with E-state index in [0.717, 1.165) is 22.4 Å². The van der Waals surface area contributed by atoms with Crippen molar-refractivity contribution in [2.75, 3.05) is 4.90 Å². The van der Waals surface area contributed by atoms with Crippen LogP contribution in [0.25, 0.3) is 0 Å². The van der Waals surface area contributed by atoms with Crippen LogP contribution in [0.2, 0.25) is 0 Å². The minimum atomic E-state index is -0.499. The summed E-state index contributed by atoms with van der Waals surface area (Å²) in [5.74, 6) is -0.529. The second-order valence-electron chi connectivity index (χ2n) is 9.32. The van der Waals surface area contributed by atoms with Crippen LogP contribution in [-0.4, -0.2) is 5.78 Å². The highest BCUT2D eigenvalue weighted by atomic mass is 19.1. The van der Waals surface area contributed by atoms with Crippen molar-refractivity contribution < 1.29 is 9.18 Å². The number of allylic oxidation sites excluding steroid dienone is 3. The Kier molecular flexibility index (Phi) is 4.97. The van der Waals surface area contributed by atoms with Gasteiger partial charge in [-0.15, -0.1) is 0 Å². The standard InChI is InChI=1S/C26H26FN3O/c1-15-5-10-19(16(2)11-15)23-20(14-28)25(29)30(18-8-6-17(27)7-9-18)21-12-26(3,4)13-22(31)24(21)23/h5-11,23H,12-13,29H2,1-4H3. The molecule has 0 fully saturated rings. The topological polar surface area (TPSA) is 70.1 Å². The maximum atomic E-state index is 13.6. The van der Waals surface area contributed by atoms with Crippen molar-refractivity contribution in [1.29, 1.82) is 5.26 Å². The number of carbonyl (C=O) groups is 1. The van der Waals surface area contributed by atoms with Gasteiger partial charge < -0.3 is 5.73 Å². The average Bonchev–Trinajstić information content (AvgIpc) is 2.67. The van der Waals surface area contributed by atoms with Crippen LogP contribution in [0.15, 0.2) is 65.1 Å². The number of carbonyl (C=O) groups excluding carboxylic acids is 1. The molecule has 2 aromatic rings. The van der Waals surface area contributed by atoms with Crippen molar-refractivity contribution in [1.82, 2.24) is 0 Å². The lowest BCUT2D eigenvalue weighted by molar-refractivity contribution is -0.118. The molecule has 2 aliphatic rings. The molecule has 2 aromatic carbocycles. The Morgan fingerprint density at radius 3 is 2.42 bits per heavy atom. The number of Topliss-reactive ketones (excluding diaryl/α,β-unsaturated/α-hetero) is 1. The van der Waals surface area contributed by atoms with E-state index in [-0.39, 0.29) is 17.0 Å². The van der Waals surface area contributed by atoms with Crippen LogP contribution in [0.1, 0.15) is 49.3 Å².